The van der Waals surface area contributed by atoms with Crippen LogP contribution in [0.4, 0.5) is 5.82 Å². The summed E-state index contributed by atoms with van der Waals surface area (Å²) >= 11 is 0. The molecule has 0 saturated carbocycles. The quantitative estimate of drug-likeness (QED) is 0.840. The Kier molecular flexibility index (Phi) is 3.37. The van der Waals surface area contributed by atoms with Gasteiger partial charge in [0.15, 0.2) is 5.82 Å². The van der Waals surface area contributed by atoms with E-state index in [-0.39, 0.29) is 23.9 Å². The number of nitrogens with zero attached hydrogens (tertiary/aromatic N) is 2. The van der Waals surface area contributed by atoms with E-state index in [0.717, 1.165) is 16.7 Å². The Morgan fingerprint density at radius 3 is 2.76 bits per heavy atom. The number of imide groups is 1. The van der Waals surface area contributed by atoms with Crippen LogP contribution in [0.2, 0.25) is 0 Å². The maximum Gasteiger partial charge on any atom is 0.249 e. The van der Waals surface area contributed by atoms with Crippen LogP contribution >= 0.6 is 0 Å². The third-order valence-corrected chi connectivity index (χ3v) is 3.80. The maximum absolute atomic E-state index is 12.2. The Morgan fingerprint density at radius 2 is 2.05 bits per heavy atom. The molecule has 3 rings (SSSR count). The number of hydrogen-bond donors (Lipinski definition) is 2. The molecule has 1 saturated heterocycles. The summed E-state index contributed by atoms with van der Waals surface area (Å²) in [6, 6.07) is 7.56. The number of aromatic amines is 1. The topological polar surface area (TPSA) is 78.1 Å². The van der Waals surface area contributed by atoms with Crippen molar-refractivity contribution in [2.24, 2.45) is 0 Å². The lowest BCUT2D eigenvalue weighted by Crippen LogP contribution is -2.55. The number of anilines is 1. The van der Waals surface area contributed by atoms with Gasteiger partial charge in [-0.25, -0.2) is 0 Å². The van der Waals surface area contributed by atoms with Crippen LogP contribution in [-0.4, -0.2) is 34.1 Å². The molecule has 2 N–H and O–H groups in total. The molecule has 0 bridgehead atoms. The Balaban J connectivity index is 2.02. The van der Waals surface area contributed by atoms with Gasteiger partial charge in [-0.1, -0.05) is 12.1 Å². The second-order valence-electron chi connectivity index (χ2n) is 5.56. The Bertz CT molecular complexity index is 692. The average molecular weight is 286 g/mol. The van der Waals surface area contributed by atoms with Gasteiger partial charge in [0.05, 0.1) is 5.52 Å². The first-order valence-corrected chi connectivity index (χ1v) is 7.13. The van der Waals surface area contributed by atoms with Gasteiger partial charge in [0.25, 0.3) is 0 Å². The second-order valence-corrected chi connectivity index (χ2v) is 5.56. The lowest BCUT2D eigenvalue weighted by Gasteiger charge is -2.36. The zero-order valence-corrected chi connectivity index (χ0v) is 12.1. The molecule has 2 aromatic rings. The first-order chi connectivity index (χ1) is 10.1. The fraction of sp³-hybridized carbons (Fsp3) is 0.400. The summed E-state index contributed by atoms with van der Waals surface area (Å²) in [5.74, 6) is 0.314. The number of rotatable bonds is 3. The summed E-state index contributed by atoms with van der Waals surface area (Å²) < 4.78 is 0. The van der Waals surface area contributed by atoms with E-state index in [2.05, 4.69) is 15.5 Å². The smallest absolute Gasteiger partial charge is 0.249 e. The van der Waals surface area contributed by atoms with Gasteiger partial charge in [-0.15, -0.1) is 0 Å². The second kappa shape index (κ2) is 5.20. The van der Waals surface area contributed by atoms with Crippen LogP contribution in [0.15, 0.2) is 24.3 Å². The molecule has 6 nitrogen and oxygen atoms in total. The average Bonchev–Trinajstić information content (AvgIpc) is 2.85. The highest BCUT2D eigenvalue weighted by Gasteiger charge is 2.34. The van der Waals surface area contributed by atoms with Crippen molar-refractivity contribution in [3.05, 3.63) is 24.3 Å². The fourth-order valence-corrected chi connectivity index (χ4v) is 2.85. The minimum absolute atomic E-state index is 0.0978. The highest BCUT2D eigenvalue weighted by Crippen LogP contribution is 2.29. The van der Waals surface area contributed by atoms with Crippen molar-refractivity contribution in [1.82, 2.24) is 15.5 Å². The van der Waals surface area contributed by atoms with Crippen molar-refractivity contribution in [3.63, 3.8) is 0 Å². The maximum atomic E-state index is 12.2. The lowest BCUT2D eigenvalue weighted by molar-refractivity contribution is -0.134. The van der Waals surface area contributed by atoms with Crippen LogP contribution < -0.4 is 10.2 Å². The molecule has 1 atom stereocenters. The summed E-state index contributed by atoms with van der Waals surface area (Å²) in [4.78, 5) is 25.5. The van der Waals surface area contributed by atoms with E-state index in [1.165, 1.54) is 0 Å². The number of benzene rings is 1. The summed E-state index contributed by atoms with van der Waals surface area (Å²) in [5, 5.41) is 10.8. The van der Waals surface area contributed by atoms with E-state index in [9.17, 15) is 9.59 Å². The predicted octanol–water partition coefficient (Wildman–Crippen LogP) is 1.58. The van der Waals surface area contributed by atoms with Crippen molar-refractivity contribution in [3.8, 4) is 0 Å². The highest BCUT2D eigenvalue weighted by atomic mass is 16.2. The normalized spacial score (nSPS) is 19.1. The van der Waals surface area contributed by atoms with Crippen LogP contribution in [0, 0.1) is 0 Å². The molecule has 1 aliphatic rings. The molecule has 0 spiro atoms. The first-order valence-electron chi connectivity index (χ1n) is 7.13. The number of carbonyl (C=O) groups excluding carboxylic acids is 2. The number of para-hydroxylation sites is 1. The number of fused-ring (bicyclic) bond motifs is 1. The van der Waals surface area contributed by atoms with Crippen molar-refractivity contribution < 1.29 is 9.59 Å². The molecule has 2 amide bonds. The molecular weight excluding hydrogens is 268 g/mol. The van der Waals surface area contributed by atoms with Gasteiger partial charge in [0.2, 0.25) is 11.8 Å². The third-order valence-electron chi connectivity index (χ3n) is 3.80. The van der Waals surface area contributed by atoms with Gasteiger partial charge in [0.1, 0.15) is 6.04 Å². The molecule has 110 valence electrons. The number of piperidine rings is 1. The van der Waals surface area contributed by atoms with Crippen LogP contribution in [0.1, 0.15) is 26.7 Å². The lowest BCUT2D eigenvalue weighted by atomic mass is 10.0. The number of H-pyrrole nitrogens is 1. The van der Waals surface area contributed by atoms with Crippen molar-refractivity contribution >= 4 is 28.5 Å². The monoisotopic (exact) mass is 286 g/mol. The molecule has 1 aromatic heterocycles. The number of aromatic nitrogens is 2. The third kappa shape index (κ3) is 2.37. The number of amides is 2. The highest BCUT2D eigenvalue weighted by molar-refractivity contribution is 6.02. The van der Waals surface area contributed by atoms with Crippen LogP contribution in [0.3, 0.4) is 0 Å². The molecule has 1 fully saturated rings. The summed E-state index contributed by atoms with van der Waals surface area (Å²) in [6.07, 6.45) is 0.881. The fourth-order valence-electron chi connectivity index (χ4n) is 2.85. The van der Waals surface area contributed by atoms with Gasteiger partial charge in [-0.2, -0.15) is 5.10 Å². The zero-order valence-electron chi connectivity index (χ0n) is 12.1. The minimum atomic E-state index is -0.366. The van der Waals surface area contributed by atoms with Gasteiger partial charge in [-0.3, -0.25) is 20.0 Å². The molecular formula is C15H18N4O2. The molecule has 21 heavy (non-hydrogen) atoms. The predicted molar refractivity (Wildman–Crippen MR) is 79.9 cm³/mol. The Labute approximate surface area is 122 Å². The number of hydrogen-bond acceptors (Lipinski definition) is 4. The van der Waals surface area contributed by atoms with Crippen molar-refractivity contribution in [2.45, 2.75) is 38.8 Å². The molecule has 1 aromatic carbocycles. The number of nitrogens with one attached hydrogen (secondary N) is 2. The van der Waals surface area contributed by atoms with Gasteiger partial charge in [0, 0.05) is 17.8 Å². The SMILES string of the molecule is CC(C)N(c1n[nH]c2ccccc12)C1CCC(=O)NC1=O. The summed E-state index contributed by atoms with van der Waals surface area (Å²) in [5.41, 5.74) is 0.936. The van der Waals surface area contributed by atoms with E-state index < -0.39 is 0 Å². The van der Waals surface area contributed by atoms with Gasteiger partial charge < -0.3 is 4.90 Å². The van der Waals surface area contributed by atoms with E-state index in [1.807, 2.05) is 43.0 Å². The van der Waals surface area contributed by atoms with E-state index in [0.29, 0.717) is 12.8 Å². The van der Waals surface area contributed by atoms with E-state index in [1.54, 1.807) is 0 Å². The Hall–Kier alpha value is -2.37. The molecule has 6 heteroatoms. The number of carbonyl (C=O) groups is 2. The Morgan fingerprint density at radius 1 is 1.29 bits per heavy atom. The van der Waals surface area contributed by atoms with Gasteiger partial charge >= 0.3 is 0 Å². The van der Waals surface area contributed by atoms with E-state index >= 15 is 0 Å². The van der Waals surface area contributed by atoms with E-state index in [4.69, 9.17) is 0 Å². The van der Waals surface area contributed by atoms with Crippen LogP contribution in [0.25, 0.3) is 10.9 Å². The van der Waals surface area contributed by atoms with Gasteiger partial charge in [-0.05, 0) is 32.4 Å². The first kappa shape index (κ1) is 13.6. The molecule has 1 aliphatic heterocycles. The standard InChI is InChI=1S/C15H18N4O2/c1-9(2)19(12-7-8-13(20)16-15(12)21)14-10-5-3-4-6-11(10)17-18-14/h3-6,9,12H,7-8H2,1-2H3,(H,17,18)(H,16,20,21). The summed E-state index contributed by atoms with van der Waals surface area (Å²) in [7, 11) is 0. The van der Waals surface area contributed by atoms with Crippen molar-refractivity contribution in [2.75, 3.05) is 4.90 Å². The molecule has 2 heterocycles. The van der Waals surface area contributed by atoms with Crippen LogP contribution in [0.5, 0.6) is 0 Å². The molecule has 0 radical (unpaired) electrons. The summed E-state index contributed by atoms with van der Waals surface area (Å²) in [6.45, 7) is 4.04. The van der Waals surface area contributed by atoms with Crippen molar-refractivity contribution in [1.29, 1.82) is 0 Å². The zero-order chi connectivity index (χ0) is 15.0. The molecule has 0 aliphatic carbocycles. The molecule has 1 unspecified atom stereocenters. The van der Waals surface area contributed by atoms with Crippen LogP contribution in [-0.2, 0) is 9.59 Å². The minimum Gasteiger partial charge on any atom is -0.340 e. The largest absolute Gasteiger partial charge is 0.340 e.